The van der Waals surface area contributed by atoms with Crippen LogP contribution in [0.4, 0.5) is 0 Å². The van der Waals surface area contributed by atoms with Crippen LogP contribution in [0.2, 0.25) is 0 Å². The van der Waals surface area contributed by atoms with Gasteiger partial charge in [0.05, 0.1) is 6.54 Å². The summed E-state index contributed by atoms with van der Waals surface area (Å²) in [4.78, 5) is 14.8. The number of carbonyl (C=O) groups is 1. The first kappa shape index (κ1) is 14.8. The second-order valence-electron chi connectivity index (χ2n) is 6.22. The smallest absolute Gasteiger partial charge is 0.254 e. The summed E-state index contributed by atoms with van der Waals surface area (Å²) in [5.41, 5.74) is 4.28. The number of aryl methyl sites for hydroxylation is 1. The fraction of sp³-hybridized carbons (Fsp3) is 0.190. The van der Waals surface area contributed by atoms with E-state index < -0.39 is 0 Å². The van der Waals surface area contributed by atoms with Crippen molar-refractivity contribution in [2.24, 2.45) is 0 Å². The van der Waals surface area contributed by atoms with Gasteiger partial charge in [-0.3, -0.25) is 4.79 Å². The molecule has 0 fully saturated rings. The van der Waals surface area contributed by atoms with Crippen LogP contribution in [0.25, 0.3) is 11.1 Å². The van der Waals surface area contributed by atoms with E-state index in [0.29, 0.717) is 6.54 Å². The Bertz CT molecular complexity index is 834. The first-order valence-corrected chi connectivity index (χ1v) is 8.40. The average molecular weight is 316 g/mol. The Kier molecular flexibility index (Phi) is 3.91. The molecule has 3 heteroatoms. The maximum Gasteiger partial charge on any atom is 0.254 e. The van der Waals surface area contributed by atoms with E-state index in [1.165, 1.54) is 11.3 Å². The highest BCUT2D eigenvalue weighted by Crippen LogP contribution is 2.21. The Balaban J connectivity index is 1.54. The van der Waals surface area contributed by atoms with Crippen molar-refractivity contribution in [2.45, 2.75) is 19.5 Å². The molecule has 2 aromatic carbocycles. The Hall–Kier alpha value is -2.81. The normalized spacial score (nSPS) is 14.1. The van der Waals surface area contributed by atoms with Crippen LogP contribution in [0.3, 0.4) is 0 Å². The van der Waals surface area contributed by atoms with Crippen LogP contribution in [0.5, 0.6) is 0 Å². The van der Waals surface area contributed by atoms with Gasteiger partial charge in [0.2, 0.25) is 0 Å². The molecular formula is C21H20N2O. The van der Waals surface area contributed by atoms with E-state index in [-0.39, 0.29) is 5.91 Å². The van der Waals surface area contributed by atoms with Gasteiger partial charge < -0.3 is 9.47 Å². The Labute approximate surface area is 142 Å². The van der Waals surface area contributed by atoms with Crippen LogP contribution in [0.15, 0.2) is 72.9 Å². The van der Waals surface area contributed by atoms with Gasteiger partial charge in [0.1, 0.15) is 0 Å². The molecule has 0 atom stereocenters. The van der Waals surface area contributed by atoms with Crippen molar-refractivity contribution in [1.82, 2.24) is 9.47 Å². The zero-order valence-corrected chi connectivity index (χ0v) is 13.6. The quantitative estimate of drug-likeness (QED) is 0.695. The molecule has 0 unspecified atom stereocenters. The predicted molar refractivity (Wildman–Crippen MR) is 95.7 cm³/mol. The van der Waals surface area contributed by atoms with Gasteiger partial charge in [-0.15, -0.1) is 0 Å². The number of carbonyl (C=O) groups excluding carboxylic acids is 1. The zero-order valence-electron chi connectivity index (χ0n) is 13.6. The molecule has 2 heterocycles. The van der Waals surface area contributed by atoms with Crippen LogP contribution in [0.1, 0.15) is 22.5 Å². The number of fused-ring (bicyclic) bond motifs is 1. The largest absolute Gasteiger partial charge is 0.350 e. The Morgan fingerprint density at radius 3 is 2.33 bits per heavy atom. The summed E-state index contributed by atoms with van der Waals surface area (Å²) in [6, 6.07) is 22.3. The third kappa shape index (κ3) is 2.85. The molecule has 0 bridgehead atoms. The topological polar surface area (TPSA) is 25.2 Å². The highest BCUT2D eigenvalue weighted by molar-refractivity contribution is 5.94. The molecule has 0 radical (unpaired) electrons. The van der Waals surface area contributed by atoms with Gasteiger partial charge >= 0.3 is 0 Å². The maximum absolute atomic E-state index is 12.8. The fourth-order valence-electron chi connectivity index (χ4n) is 3.31. The van der Waals surface area contributed by atoms with Crippen molar-refractivity contribution in [3.63, 3.8) is 0 Å². The van der Waals surface area contributed by atoms with Gasteiger partial charge in [0, 0.05) is 30.5 Å². The molecule has 4 rings (SSSR count). The van der Waals surface area contributed by atoms with Gasteiger partial charge in [0.25, 0.3) is 5.91 Å². The van der Waals surface area contributed by atoms with E-state index in [1.807, 2.05) is 47.4 Å². The standard InChI is InChI=1S/C21H20N2O/c24-21(23-15-5-14-22-13-4-8-20(22)16-23)19-11-9-18(10-12-19)17-6-2-1-3-7-17/h1-4,6-13H,5,14-16H2. The summed E-state index contributed by atoms with van der Waals surface area (Å²) in [6.45, 7) is 2.48. The summed E-state index contributed by atoms with van der Waals surface area (Å²) in [7, 11) is 0. The minimum Gasteiger partial charge on any atom is -0.350 e. The van der Waals surface area contributed by atoms with Crippen molar-refractivity contribution < 1.29 is 4.79 Å². The lowest BCUT2D eigenvalue weighted by Gasteiger charge is -2.20. The number of rotatable bonds is 2. The van der Waals surface area contributed by atoms with E-state index in [9.17, 15) is 4.79 Å². The van der Waals surface area contributed by atoms with Crippen LogP contribution in [-0.4, -0.2) is 21.9 Å². The zero-order chi connectivity index (χ0) is 16.4. The van der Waals surface area contributed by atoms with Crippen LogP contribution >= 0.6 is 0 Å². The fourth-order valence-corrected chi connectivity index (χ4v) is 3.31. The Morgan fingerprint density at radius 1 is 0.792 bits per heavy atom. The summed E-state index contributed by atoms with van der Waals surface area (Å²) < 4.78 is 2.24. The summed E-state index contributed by atoms with van der Waals surface area (Å²) >= 11 is 0. The molecule has 1 aliphatic heterocycles. The van der Waals surface area contributed by atoms with Gasteiger partial charge in [-0.1, -0.05) is 42.5 Å². The number of benzene rings is 2. The molecular weight excluding hydrogens is 296 g/mol. The van der Waals surface area contributed by atoms with Gasteiger partial charge in [-0.05, 0) is 41.8 Å². The van der Waals surface area contributed by atoms with E-state index in [1.54, 1.807) is 0 Å². The van der Waals surface area contributed by atoms with E-state index in [4.69, 9.17) is 0 Å². The van der Waals surface area contributed by atoms with Crippen molar-refractivity contribution in [3.05, 3.63) is 84.2 Å². The molecule has 0 spiro atoms. The maximum atomic E-state index is 12.8. The molecule has 120 valence electrons. The molecule has 0 N–H and O–H groups in total. The van der Waals surface area contributed by atoms with Crippen molar-refractivity contribution in [2.75, 3.05) is 6.54 Å². The molecule has 3 aromatic rings. The SMILES string of the molecule is O=C(c1ccc(-c2ccccc2)cc1)N1CCCn2cccc2C1. The molecule has 1 amide bonds. The van der Waals surface area contributed by atoms with Gasteiger partial charge in [0.15, 0.2) is 0 Å². The van der Waals surface area contributed by atoms with Gasteiger partial charge in [-0.2, -0.15) is 0 Å². The highest BCUT2D eigenvalue weighted by atomic mass is 16.2. The first-order valence-electron chi connectivity index (χ1n) is 8.40. The summed E-state index contributed by atoms with van der Waals surface area (Å²) in [5, 5.41) is 0. The number of aromatic nitrogens is 1. The summed E-state index contributed by atoms with van der Waals surface area (Å²) in [5.74, 6) is 0.115. The molecule has 1 aromatic heterocycles. The molecule has 0 aliphatic carbocycles. The van der Waals surface area contributed by atoms with Crippen LogP contribution in [-0.2, 0) is 13.1 Å². The van der Waals surface area contributed by atoms with Gasteiger partial charge in [-0.25, -0.2) is 0 Å². The van der Waals surface area contributed by atoms with Crippen LogP contribution in [0, 0.1) is 0 Å². The second-order valence-corrected chi connectivity index (χ2v) is 6.22. The number of hydrogen-bond acceptors (Lipinski definition) is 1. The minimum absolute atomic E-state index is 0.115. The van der Waals surface area contributed by atoms with Crippen molar-refractivity contribution in [1.29, 1.82) is 0 Å². The number of hydrogen-bond donors (Lipinski definition) is 0. The monoisotopic (exact) mass is 316 g/mol. The highest BCUT2D eigenvalue weighted by Gasteiger charge is 2.19. The minimum atomic E-state index is 0.115. The number of amides is 1. The molecule has 24 heavy (non-hydrogen) atoms. The molecule has 0 saturated carbocycles. The van der Waals surface area contributed by atoms with Crippen LogP contribution < -0.4 is 0 Å². The summed E-state index contributed by atoms with van der Waals surface area (Å²) in [6.07, 6.45) is 3.09. The molecule has 1 aliphatic rings. The average Bonchev–Trinajstić information content (AvgIpc) is 2.99. The van der Waals surface area contributed by atoms with E-state index >= 15 is 0 Å². The van der Waals surface area contributed by atoms with E-state index in [2.05, 4.69) is 35.0 Å². The lowest BCUT2D eigenvalue weighted by Crippen LogP contribution is -2.30. The lowest BCUT2D eigenvalue weighted by atomic mass is 10.0. The number of nitrogens with zero attached hydrogens (tertiary/aromatic N) is 2. The second kappa shape index (κ2) is 6.36. The third-order valence-corrected chi connectivity index (χ3v) is 4.63. The van der Waals surface area contributed by atoms with Crippen molar-refractivity contribution in [3.8, 4) is 11.1 Å². The third-order valence-electron chi connectivity index (χ3n) is 4.63. The van der Waals surface area contributed by atoms with Crippen molar-refractivity contribution >= 4 is 5.91 Å². The molecule has 3 nitrogen and oxygen atoms in total. The lowest BCUT2D eigenvalue weighted by molar-refractivity contribution is 0.0746. The molecule has 0 saturated heterocycles. The van der Waals surface area contributed by atoms with E-state index in [0.717, 1.165) is 30.6 Å². The predicted octanol–water partition coefficient (Wildman–Crippen LogP) is 4.20. The Morgan fingerprint density at radius 2 is 1.54 bits per heavy atom. The first-order chi connectivity index (χ1) is 11.8.